The summed E-state index contributed by atoms with van der Waals surface area (Å²) in [4.78, 5) is 15.3. The fourth-order valence-corrected chi connectivity index (χ4v) is 1.32. The molecule has 1 heterocycles. The van der Waals surface area contributed by atoms with E-state index in [-0.39, 0.29) is 5.24 Å². The van der Waals surface area contributed by atoms with Crippen molar-refractivity contribution in [2.24, 2.45) is 0 Å². The molecule has 0 bridgehead atoms. The molecule has 1 rings (SSSR count). The van der Waals surface area contributed by atoms with E-state index in [2.05, 4.69) is 4.98 Å². The van der Waals surface area contributed by atoms with Gasteiger partial charge in [0.25, 0.3) is 0 Å². The minimum absolute atomic E-state index is 0.380. The zero-order chi connectivity index (χ0) is 10.1. The zero-order valence-corrected chi connectivity index (χ0v) is 8.72. The molecule has 0 aliphatic carbocycles. The van der Waals surface area contributed by atoms with Crippen molar-refractivity contribution in [3.8, 4) is 0 Å². The number of aryl methyl sites for hydroxylation is 1. The van der Waals surface area contributed by atoms with Crippen molar-refractivity contribution < 1.29 is 4.79 Å². The molecule has 1 aromatic heterocycles. The largest absolute Gasteiger partial charge is 0.280 e. The lowest BCUT2D eigenvalue weighted by atomic mass is 9.88. The van der Waals surface area contributed by atoms with Crippen LogP contribution in [0.5, 0.6) is 0 Å². The van der Waals surface area contributed by atoms with Crippen LogP contribution in [0, 0.1) is 6.92 Å². The van der Waals surface area contributed by atoms with Gasteiger partial charge in [-0.25, -0.2) is 0 Å². The molecule has 0 saturated heterocycles. The van der Waals surface area contributed by atoms with Crippen molar-refractivity contribution in [3.05, 3.63) is 29.6 Å². The molecule has 0 N–H and O–H groups in total. The number of aromatic nitrogens is 1. The van der Waals surface area contributed by atoms with Gasteiger partial charge >= 0.3 is 0 Å². The third-order valence-electron chi connectivity index (χ3n) is 2.09. The number of hydrogen-bond donors (Lipinski definition) is 0. The molecule has 0 spiro atoms. The summed E-state index contributed by atoms with van der Waals surface area (Å²) < 4.78 is 0. The molecule has 0 aliphatic heterocycles. The highest BCUT2D eigenvalue weighted by atomic mass is 35.5. The standard InChI is InChI=1S/C10H12ClNO/c1-7-5-4-6-12-8(7)10(2,3)9(11)13/h4-6H,1-3H3. The van der Waals surface area contributed by atoms with E-state index in [0.717, 1.165) is 11.3 Å². The average Bonchev–Trinajstić information content (AvgIpc) is 2.04. The molecule has 0 aliphatic rings. The van der Waals surface area contributed by atoms with E-state index in [4.69, 9.17) is 11.6 Å². The van der Waals surface area contributed by atoms with Gasteiger partial charge in [-0.15, -0.1) is 0 Å². The van der Waals surface area contributed by atoms with Crippen molar-refractivity contribution in [1.82, 2.24) is 4.98 Å². The van der Waals surface area contributed by atoms with E-state index in [9.17, 15) is 4.79 Å². The maximum absolute atomic E-state index is 11.1. The van der Waals surface area contributed by atoms with E-state index >= 15 is 0 Å². The first-order valence-corrected chi connectivity index (χ1v) is 4.46. The highest BCUT2D eigenvalue weighted by molar-refractivity contribution is 6.65. The Morgan fingerprint density at radius 2 is 2.15 bits per heavy atom. The van der Waals surface area contributed by atoms with Crippen LogP contribution in [0.4, 0.5) is 0 Å². The fourth-order valence-electron chi connectivity index (χ4n) is 1.23. The topological polar surface area (TPSA) is 30.0 Å². The first-order chi connectivity index (χ1) is 5.96. The Balaban J connectivity index is 3.22. The number of pyridine rings is 1. The van der Waals surface area contributed by atoms with Gasteiger partial charge in [0.05, 0.1) is 11.1 Å². The summed E-state index contributed by atoms with van der Waals surface area (Å²) in [6.07, 6.45) is 1.67. The van der Waals surface area contributed by atoms with E-state index in [1.807, 2.05) is 19.1 Å². The summed E-state index contributed by atoms with van der Waals surface area (Å²) in [5.41, 5.74) is 1.03. The molecule has 0 amide bonds. The second-order valence-electron chi connectivity index (χ2n) is 3.57. The smallest absolute Gasteiger partial charge is 0.233 e. The molecule has 13 heavy (non-hydrogen) atoms. The summed E-state index contributed by atoms with van der Waals surface area (Å²) >= 11 is 5.50. The number of hydrogen-bond acceptors (Lipinski definition) is 2. The van der Waals surface area contributed by atoms with Gasteiger partial charge in [0, 0.05) is 6.20 Å². The molecule has 1 aromatic rings. The van der Waals surface area contributed by atoms with Crippen LogP contribution in [0.1, 0.15) is 25.1 Å². The predicted molar refractivity (Wildman–Crippen MR) is 52.9 cm³/mol. The molecule has 0 radical (unpaired) electrons. The van der Waals surface area contributed by atoms with Crippen molar-refractivity contribution in [3.63, 3.8) is 0 Å². The molecule has 0 atom stereocenters. The van der Waals surface area contributed by atoms with Crippen LogP contribution >= 0.6 is 11.6 Å². The van der Waals surface area contributed by atoms with Gasteiger partial charge in [0.2, 0.25) is 5.24 Å². The summed E-state index contributed by atoms with van der Waals surface area (Å²) in [7, 11) is 0. The van der Waals surface area contributed by atoms with E-state index in [1.165, 1.54) is 0 Å². The van der Waals surface area contributed by atoms with Gasteiger partial charge < -0.3 is 0 Å². The quantitative estimate of drug-likeness (QED) is 0.682. The highest BCUT2D eigenvalue weighted by Gasteiger charge is 2.30. The monoisotopic (exact) mass is 197 g/mol. The predicted octanol–water partition coefficient (Wildman–Crippen LogP) is 2.43. The van der Waals surface area contributed by atoms with Crippen LogP contribution in [0.2, 0.25) is 0 Å². The molecule has 0 saturated carbocycles. The Kier molecular flexibility index (Phi) is 2.71. The normalized spacial score (nSPS) is 11.4. The maximum atomic E-state index is 11.1. The highest BCUT2D eigenvalue weighted by Crippen LogP contribution is 2.26. The third-order valence-corrected chi connectivity index (χ3v) is 2.57. The maximum Gasteiger partial charge on any atom is 0.233 e. The van der Waals surface area contributed by atoms with Gasteiger partial charge in [-0.3, -0.25) is 9.78 Å². The SMILES string of the molecule is Cc1cccnc1C(C)(C)C(=O)Cl. The van der Waals surface area contributed by atoms with Gasteiger partial charge in [-0.1, -0.05) is 6.07 Å². The van der Waals surface area contributed by atoms with Crippen molar-refractivity contribution in [1.29, 1.82) is 0 Å². The number of rotatable bonds is 2. The fraction of sp³-hybridized carbons (Fsp3) is 0.400. The number of halogens is 1. The Bertz CT molecular complexity index is 333. The van der Waals surface area contributed by atoms with Crippen molar-refractivity contribution >= 4 is 16.8 Å². The Morgan fingerprint density at radius 3 is 2.62 bits per heavy atom. The van der Waals surface area contributed by atoms with Crippen LogP contribution in [0.25, 0.3) is 0 Å². The Hall–Kier alpha value is -0.890. The van der Waals surface area contributed by atoms with Crippen LogP contribution in [-0.2, 0) is 10.2 Å². The summed E-state index contributed by atoms with van der Waals surface area (Å²) in [6.45, 7) is 5.47. The van der Waals surface area contributed by atoms with Crippen LogP contribution in [0.3, 0.4) is 0 Å². The summed E-state index contributed by atoms with van der Waals surface area (Å²) in [6, 6.07) is 3.76. The van der Waals surface area contributed by atoms with Gasteiger partial charge in [0.1, 0.15) is 0 Å². The number of carbonyl (C=O) groups excluding carboxylic acids is 1. The second-order valence-corrected chi connectivity index (χ2v) is 3.91. The number of carbonyl (C=O) groups is 1. The van der Waals surface area contributed by atoms with Gasteiger partial charge in [-0.05, 0) is 44.0 Å². The van der Waals surface area contributed by atoms with E-state index in [1.54, 1.807) is 20.0 Å². The van der Waals surface area contributed by atoms with Crippen LogP contribution < -0.4 is 0 Å². The summed E-state index contributed by atoms with van der Waals surface area (Å²) in [5, 5.41) is -0.380. The molecule has 0 fully saturated rings. The molecule has 0 aromatic carbocycles. The summed E-state index contributed by atoms with van der Waals surface area (Å²) in [5.74, 6) is 0. The lowest BCUT2D eigenvalue weighted by molar-refractivity contribution is -0.115. The first-order valence-electron chi connectivity index (χ1n) is 4.08. The molecule has 3 heteroatoms. The van der Waals surface area contributed by atoms with Crippen molar-refractivity contribution in [2.75, 3.05) is 0 Å². The Labute approximate surface area is 82.9 Å². The molecular formula is C10H12ClNO. The minimum Gasteiger partial charge on any atom is -0.280 e. The van der Waals surface area contributed by atoms with E-state index in [0.29, 0.717) is 0 Å². The van der Waals surface area contributed by atoms with Crippen LogP contribution in [0.15, 0.2) is 18.3 Å². The van der Waals surface area contributed by atoms with Crippen molar-refractivity contribution in [2.45, 2.75) is 26.2 Å². The molecule has 70 valence electrons. The van der Waals surface area contributed by atoms with Gasteiger partial charge in [-0.2, -0.15) is 0 Å². The molecule has 2 nitrogen and oxygen atoms in total. The lowest BCUT2D eigenvalue weighted by Gasteiger charge is -2.20. The average molecular weight is 198 g/mol. The molecule has 0 unspecified atom stereocenters. The first kappa shape index (κ1) is 10.2. The third kappa shape index (κ3) is 1.89. The molecular weight excluding hydrogens is 186 g/mol. The van der Waals surface area contributed by atoms with Crippen LogP contribution in [-0.4, -0.2) is 10.2 Å². The second kappa shape index (κ2) is 3.46. The van der Waals surface area contributed by atoms with Gasteiger partial charge in [0.15, 0.2) is 0 Å². The zero-order valence-electron chi connectivity index (χ0n) is 7.97. The minimum atomic E-state index is -0.701. The van der Waals surface area contributed by atoms with E-state index < -0.39 is 5.41 Å². The lowest BCUT2D eigenvalue weighted by Crippen LogP contribution is -2.27. The number of nitrogens with zero attached hydrogens (tertiary/aromatic N) is 1. The Morgan fingerprint density at radius 1 is 1.54 bits per heavy atom.